The lowest BCUT2D eigenvalue weighted by Crippen LogP contribution is -2.36. The van der Waals surface area contributed by atoms with Gasteiger partial charge in [-0.1, -0.05) is 20.8 Å². The average molecular weight is 269 g/mol. The van der Waals surface area contributed by atoms with Crippen LogP contribution in [0.15, 0.2) is 6.20 Å². The molecule has 0 aliphatic carbocycles. The molecule has 2 N–H and O–H groups in total. The Hall–Kier alpha value is -1.43. The average Bonchev–Trinajstić information content (AvgIpc) is 2.82. The Bertz CT molecular complexity index is 415. The molecule has 6 heteroatoms. The first kappa shape index (κ1) is 14.6. The van der Waals surface area contributed by atoms with Crippen LogP contribution in [0.1, 0.15) is 35.5 Å². The summed E-state index contributed by atoms with van der Waals surface area (Å²) in [7, 11) is 0. The molecule has 5 nitrogen and oxygen atoms in total. The van der Waals surface area contributed by atoms with Crippen LogP contribution >= 0.6 is 11.3 Å². The number of aromatic nitrogens is 1. The zero-order valence-electron chi connectivity index (χ0n) is 10.9. The largest absolute Gasteiger partial charge is 0.354 e. The Labute approximate surface area is 111 Å². The zero-order valence-corrected chi connectivity index (χ0v) is 11.8. The second-order valence-corrected chi connectivity index (χ2v) is 5.29. The highest BCUT2D eigenvalue weighted by Crippen LogP contribution is 2.12. The second kappa shape index (κ2) is 7.10. The molecule has 2 amide bonds. The number of nitrogens with one attached hydrogen (secondary N) is 2. The summed E-state index contributed by atoms with van der Waals surface area (Å²) in [6, 6.07) is 0. The van der Waals surface area contributed by atoms with Gasteiger partial charge in [-0.25, -0.2) is 4.98 Å². The standard InChI is InChI=1S/C12H19N3O2S/c1-4-10-15-7-9(18-10)12(17)14-6-5-13-11(16)8(2)3/h7-8H,4-6H2,1-3H3,(H,13,16)(H,14,17). The van der Waals surface area contributed by atoms with Crippen LogP contribution in [0.4, 0.5) is 0 Å². The lowest BCUT2D eigenvalue weighted by molar-refractivity contribution is -0.123. The van der Waals surface area contributed by atoms with Crippen LogP contribution in [-0.4, -0.2) is 29.9 Å². The van der Waals surface area contributed by atoms with E-state index in [0.29, 0.717) is 18.0 Å². The number of nitrogens with zero attached hydrogens (tertiary/aromatic N) is 1. The van der Waals surface area contributed by atoms with Crippen LogP contribution in [0.2, 0.25) is 0 Å². The first-order valence-corrected chi connectivity index (χ1v) is 6.86. The summed E-state index contributed by atoms with van der Waals surface area (Å²) >= 11 is 1.40. The van der Waals surface area contributed by atoms with Crippen molar-refractivity contribution in [1.82, 2.24) is 15.6 Å². The van der Waals surface area contributed by atoms with Gasteiger partial charge in [0.15, 0.2) is 0 Å². The third-order valence-electron chi connectivity index (χ3n) is 2.31. The van der Waals surface area contributed by atoms with E-state index >= 15 is 0 Å². The molecule has 18 heavy (non-hydrogen) atoms. The number of carbonyl (C=O) groups excluding carboxylic acids is 2. The Morgan fingerprint density at radius 2 is 2.00 bits per heavy atom. The van der Waals surface area contributed by atoms with E-state index in [0.717, 1.165) is 11.4 Å². The number of carbonyl (C=O) groups is 2. The van der Waals surface area contributed by atoms with Gasteiger partial charge in [0.05, 0.1) is 11.2 Å². The summed E-state index contributed by atoms with van der Waals surface area (Å²) < 4.78 is 0. The van der Waals surface area contributed by atoms with Crippen molar-refractivity contribution in [1.29, 1.82) is 0 Å². The monoisotopic (exact) mass is 269 g/mol. The fourth-order valence-corrected chi connectivity index (χ4v) is 2.01. The minimum absolute atomic E-state index is 0.00434. The molecule has 0 unspecified atom stereocenters. The van der Waals surface area contributed by atoms with Gasteiger partial charge in [0.2, 0.25) is 5.91 Å². The van der Waals surface area contributed by atoms with Crippen molar-refractivity contribution in [2.24, 2.45) is 5.92 Å². The van der Waals surface area contributed by atoms with Crippen LogP contribution in [0, 0.1) is 5.92 Å². The van der Waals surface area contributed by atoms with E-state index in [1.807, 2.05) is 20.8 Å². The highest BCUT2D eigenvalue weighted by Gasteiger charge is 2.09. The summed E-state index contributed by atoms with van der Waals surface area (Å²) in [5.74, 6) is -0.171. The van der Waals surface area contributed by atoms with Crippen molar-refractivity contribution in [2.75, 3.05) is 13.1 Å². The highest BCUT2D eigenvalue weighted by molar-refractivity contribution is 7.13. The minimum Gasteiger partial charge on any atom is -0.354 e. The molecular formula is C12H19N3O2S. The van der Waals surface area contributed by atoms with Gasteiger partial charge < -0.3 is 10.6 Å². The van der Waals surface area contributed by atoms with E-state index < -0.39 is 0 Å². The van der Waals surface area contributed by atoms with Gasteiger partial charge in [0.25, 0.3) is 5.91 Å². The minimum atomic E-state index is -0.133. The molecular weight excluding hydrogens is 250 g/mol. The molecule has 0 saturated heterocycles. The molecule has 1 heterocycles. The van der Waals surface area contributed by atoms with Crippen LogP contribution < -0.4 is 10.6 Å². The normalized spacial score (nSPS) is 10.4. The van der Waals surface area contributed by atoms with Crippen LogP contribution in [0.3, 0.4) is 0 Å². The van der Waals surface area contributed by atoms with Crippen LogP contribution in [0.5, 0.6) is 0 Å². The lowest BCUT2D eigenvalue weighted by atomic mass is 10.2. The molecule has 1 rings (SSSR count). The number of thiazole rings is 1. The summed E-state index contributed by atoms with van der Waals surface area (Å²) in [6.45, 7) is 6.54. The maximum Gasteiger partial charge on any atom is 0.263 e. The van der Waals surface area contributed by atoms with E-state index in [4.69, 9.17) is 0 Å². The summed E-state index contributed by atoms with van der Waals surface area (Å²) in [5, 5.41) is 6.44. The fraction of sp³-hybridized carbons (Fsp3) is 0.583. The molecule has 1 aromatic rings. The first-order valence-electron chi connectivity index (χ1n) is 6.05. The maximum atomic E-state index is 11.7. The van der Waals surface area contributed by atoms with Gasteiger partial charge in [-0.05, 0) is 6.42 Å². The Kier molecular flexibility index (Phi) is 5.77. The molecule has 0 spiro atoms. The number of hydrogen-bond acceptors (Lipinski definition) is 4. The van der Waals surface area contributed by atoms with E-state index in [-0.39, 0.29) is 17.7 Å². The van der Waals surface area contributed by atoms with Crippen molar-refractivity contribution in [3.63, 3.8) is 0 Å². The number of rotatable bonds is 6. The predicted octanol–water partition coefficient (Wildman–Crippen LogP) is 1.21. The Balaban J connectivity index is 2.27. The lowest BCUT2D eigenvalue weighted by Gasteiger charge is -2.07. The van der Waals surface area contributed by atoms with E-state index in [9.17, 15) is 9.59 Å². The molecule has 0 aliphatic heterocycles. The van der Waals surface area contributed by atoms with E-state index in [1.165, 1.54) is 11.3 Å². The van der Waals surface area contributed by atoms with Gasteiger partial charge in [-0.3, -0.25) is 9.59 Å². The molecule has 0 bridgehead atoms. The molecule has 0 atom stereocenters. The summed E-state index contributed by atoms with van der Waals surface area (Å²) in [4.78, 5) is 27.7. The molecule has 1 aromatic heterocycles. The van der Waals surface area contributed by atoms with Crippen LogP contribution in [-0.2, 0) is 11.2 Å². The zero-order chi connectivity index (χ0) is 13.5. The smallest absolute Gasteiger partial charge is 0.263 e. The number of aryl methyl sites for hydroxylation is 1. The molecule has 0 radical (unpaired) electrons. The third-order valence-corrected chi connectivity index (χ3v) is 3.45. The van der Waals surface area contributed by atoms with Crippen molar-refractivity contribution in [3.8, 4) is 0 Å². The van der Waals surface area contributed by atoms with Gasteiger partial charge in [-0.2, -0.15) is 0 Å². The van der Waals surface area contributed by atoms with Crippen molar-refractivity contribution in [3.05, 3.63) is 16.1 Å². The third kappa shape index (κ3) is 4.44. The van der Waals surface area contributed by atoms with E-state index in [2.05, 4.69) is 15.6 Å². The van der Waals surface area contributed by atoms with Crippen molar-refractivity contribution < 1.29 is 9.59 Å². The Morgan fingerprint density at radius 3 is 2.56 bits per heavy atom. The number of amides is 2. The van der Waals surface area contributed by atoms with Gasteiger partial charge in [0, 0.05) is 19.0 Å². The van der Waals surface area contributed by atoms with Crippen LogP contribution in [0.25, 0.3) is 0 Å². The SMILES string of the molecule is CCc1ncc(C(=O)NCCNC(=O)C(C)C)s1. The maximum absolute atomic E-state index is 11.7. The van der Waals surface area contributed by atoms with E-state index in [1.54, 1.807) is 6.20 Å². The topological polar surface area (TPSA) is 71.1 Å². The molecule has 0 aromatic carbocycles. The highest BCUT2D eigenvalue weighted by atomic mass is 32.1. The summed E-state index contributed by atoms with van der Waals surface area (Å²) in [5.41, 5.74) is 0. The Morgan fingerprint density at radius 1 is 1.33 bits per heavy atom. The molecule has 100 valence electrons. The summed E-state index contributed by atoms with van der Waals surface area (Å²) in [6.07, 6.45) is 2.42. The van der Waals surface area contributed by atoms with Gasteiger partial charge in [0.1, 0.15) is 4.88 Å². The predicted molar refractivity (Wildman–Crippen MR) is 71.7 cm³/mol. The van der Waals surface area contributed by atoms with Crippen molar-refractivity contribution >= 4 is 23.2 Å². The molecule has 0 saturated carbocycles. The number of hydrogen-bond donors (Lipinski definition) is 2. The van der Waals surface area contributed by atoms with Gasteiger partial charge in [-0.15, -0.1) is 11.3 Å². The van der Waals surface area contributed by atoms with Gasteiger partial charge >= 0.3 is 0 Å². The molecule has 0 aliphatic rings. The fourth-order valence-electron chi connectivity index (χ4n) is 1.23. The van der Waals surface area contributed by atoms with Crippen molar-refractivity contribution in [2.45, 2.75) is 27.2 Å². The molecule has 0 fully saturated rings. The second-order valence-electron chi connectivity index (χ2n) is 4.17. The first-order chi connectivity index (χ1) is 8.54. The quantitative estimate of drug-likeness (QED) is 0.762.